The summed E-state index contributed by atoms with van der Waals surface area (Å²) in [5, 5.41) is 15.2. The van der Waals surface area contributed by atoms with Gasteiger partial charge in [-0.25, -0.2) is 18.7 Å². The number of fused-ring (bicyclic) bond motifs is 2. The van der Waals surface area contributed by atoms with Gasteiger partial charge in [0.1, 0.15) is 24.1 Å². The predicted molar refractivity (Wildman–Crippen MR) is 134 cm³/mol. The van der Waals surface area contributed by atoms with Crippen LogP contribution in [0, 0.1) is 11.6 Å². The molecule has 6 rings (SSSR count). The Labute approximate surface area is 207 Å². The zero-order valence-corrected chi connectivity index (χ0v) is 19.7. The van der Waals surface area contributed by atoms with Gasteiger partial charge in [0.05, 0.1) is 24.4 Å². The van der Waals surface area contributed by atoms with Crippen LogP contribution in [0.1, 0.15) is 28.4 Å². The first-order valence-corrected chi connectivity index (χ1v) is 12.2. The first-order valence-electron chi connectivity index (χ1n) is 12.2. The summed E-state index contributed by atoms with van der Waals surface area (Å²) >= 11 is 0. The molecule has 1 fully saturated rings. The molecule has 2 aliphatic heterocycles. The summed E-state index contributed by atoms with van der Waals surface area (Å²) in [7, 11) is 0. The van der Waals surface area contributed by atoms with Crippen molar-refractivity contribution in [3.05, 3.63) is 88.7 Å². The van der Waals surface area contributed by atoms with E-state index >= 15 is 8.78 Å². The molecule has 0 aliphatic carbocycles. The molecule has 0 amide bonds. The van der Waals surface area contributed by atoms with Gasteiger partial charge in [0.25, 0.3) is 0 Å². The van der Waals surface area contributed by atoms with E-state index in [1.54, 1.807) is 0 Å². The number of aromatic nitrogens is 2. The number of anilines is 1. The lowest BCUT2D eigenvalue weighted by atomic mass is 9.89. The Balaban J connectivity index is 1.42. The number of aliphatic hydroxyl groups is 1. The fourth-order valence-electron chi connectivity index (χ4n) is 5.22. The fourth-order valence-corrected chi connectivity index (χ4v) is 5.22. The van der Waals surface area contributed by atoms with Crippen molar-refractivity contribution >= 4 is 16.6 Å². The standard InChI is InChI=1S/C28H26F2N4O2/c29-24-14-25(30)23(28(35)20-3-1-2-17-15-31-7-6-19(17)20)13-22(24)27-21-5-4-18(12-26(21)32-16-33-27)34-8-10-36-11-9-34/h1-5,12-14,16,28,31,35H,6-11,15H2. The molecular weight excluding hydrogens is 462 g/mol. The summed E-state index contributed by atoms with van der Waals surface area (Å²) in [6.07, 6.45) is 0.902. The molecule has 1 unspecified atom stereocenters. The van der Waals surface area contributed by atoms with Gasteiger partial charge >= 0.3 is 0 Å². The summed E-state index contributed by atoms with van der Waals surface area (Å²) in [6.45, 7) is 4.40. The van der Waals surface area contributed by atoms with Crippen molar-refractivity contribution in [2.24, 2.45) is 0 Å². The van der Waals surface area contributed by atoms with Crippen molar-refractivity contribution in [1.82, 2.24) is 15.3 Å². The molecular formula is C28H26F2N4O2. The van der Waals surface area contributed by atoms with Crippen LogP contribution < -0.4 is 10.2 Å². The molecule has 184 valence electrons. The van der Waals surface area contributed by atoms with E-state index in [1.807, 2.05) is 36.4 Å². The van der Waals surface area contributed by atoms with Crippen LogP contribution in [0.4, 0.5) is 14.5 Å². The zero-order valence-electron chi connectivity index (χ0n) is 19.7. The second kappa shape index (κ2) is 9.54. The van der Waals surface area contributed by atoms with Crippen molar-refractivity contribution in [2.75, 3.05) is 37.7 Å². The molecule has 3 heterocycles. The van der Waals surface area contributed by atoms with E-state index in [2.05, 4.69) is 20.2 Å². The van der Waals surface area contributed by atoms with Gasteiger partial charge in [-0.2, -0.15) is 0 Å². The van der Waals surface area contributed by atoms with Crippen LogP contribution in [0.2, 0.25) is 0 Å². The van der Waals surface area contributed by atoms with Gasteiger partial charge in [-0.3, -0.25) is 0 Å². The van der Waals surface area contributed by atoms with Gasteiger partial charge in [0.2, 0.25) is 0 Å². The third-order valence-corrected chi connectivity index (χ3v) is 7.10. The Morgan fingerprint density at radius 1 is 0.972 bits per heavy atom. The number of aliphatic hydroxyl groups excluding tert-OH is 1. The van der Waals surface area contributed by atoms with Crippen LogP contribution in [0.3, 0.4) is 0 Å². The lowest BCUT2D eigenvalue weighted by Crippen LogP contribution is -2.36. The lowest BCUT2D eigenvalue weighted by Gasteiger charge is -2.29. The molecule has 2 N–H and O–H groups in total. The van der Waals surface area contributed by atoms with Gasteiger partial charge in [0.15, 0.2) is 0 Å². The first kappa shape index (κ1) is 23.0. The van der Waals surface area contributed by atoms with Crippen LogP contribution in [-0.4, -0.2) is 47.9 Å². The number of nitrogens with zero attached hydrogens (tertiary/aromatic N) is 3. The summed E-state index contributed by atoms with van der Waals surface area (Å²) < 4.78 is 35.6. The van der Waals surface area contributed by atoms with E-state index in [9.17, 15) is 5.11 Å². The predicted octanol–water partition coefficient (Wildman–Crippen LogP) is 4.14. The molecule has 0 bridgehead atoms. The number of hydrogen-bond acceptors (Lipinski definition) is 6. The molecule has 6 nitrogen and oxygen atoms in total. The maximum absolute atomic E-state index is 15.1. The monoisotopic (exact) mass is 488 g/mol. The number of halogens is 2. The normalized spacial score (nSPS) is 16.7. The van der Waals surface area contributed by atoms with Gasteiger partial charge < -0.3 is 20.1 Å². The summed E-state index contributed by atoms with van der Waals surface area (Å²) in [5.41, 5.74) is 4.93. The highest BCUT2D eigenvalue weighted by molar-refractivity contribution is 5.94. The molecule has 3 aromatic carbocycles. The van der Waals surface area contributed by atoms with Crippen molar-refractivity contribution in [2.45, 2.75) is 19.1 Å². The number of rotatable bonds is 4. The average molecular weight is 489 g/mol. The largest absolute Gasteiger partial charge is 0.384 e. The van der Waals surface area contributed by atoms with Crippen LogP contribution in [0.25, 0.3) is 22.2 Å². The SMILES string of the molecule is OC(c1cc(-c2ncnc3cc(N4CCOCC4)ccc23)c(F)cc1F)c1cccc2c1CCNC2. The topological polar surface area (TPSA) is 70.5 Å². The van der Waals surface area contributed by atoms with E-state index in [0.717, 1.165) is 48.9 Å². The fraction of sp³-hybridized carbons (Fsp3) is 0.286. The van der Waals surface area contributed by atoms with Crippen LogP contribution in [0.15, 0.2) is 54.9 Å². The number of morpholine rings is 1. The highest BCUT2D eigenvalue weighted by atomic mass is 19.1. The smallest absolute Gasteiger partial charge is 0.135 e. The number of hydrogen-bond donors (Lipinski definition) is 2. The molecule has 2 aliphatic rings. The Morgan fingerprint density at radius 2 is 1.83 bits per heavy atom. The molecule has 0 spiro atoms. The van der Waals surface area contributed by atoms with E-state index < -0.39 is 17.7 Å². The molecule has 4 aromatic rings. The Hall–Kier alpha value is -3.46. The van der Waals surface area contributed by atoms with Gasteiger partial charge in [-0.1, -0.05) is 18.2 Å². The molecule has 8 heteroatoms. The van der Waals surface area contributed by atoms with Crippen molar-refractivity contribution in [1.29, 1.82) is 0 Å². The van der Waals surface area contributed by atoms with Crippen molar-refractivity contribution in [3.8, 4) is 11.3 Å². The van der Waals surface area contributed by atoms with Crippen LogP contribution in [0.5, 0.6) is 0 Å². The zero-order chi connectivity index (χ0) is 24.6. The van der Waals surface area contributed by atoms with Gasteiger partial charge in [-0.15, -0.1) is 0 Å². The quantitative estimate of drug-likeness (QED) is 0.450. The van der Waals surface area contributed by atoms with E-state index in [4.69, 9.17) is 4.74 Å². The number of nitrogens with one attached hydrogen (secondary N) is 1. The number of ether oxygens (including phenoxy) is 1. The Morgan fingerprint density at radius 3 is 2.69 bits per heavy atom. The minimum absolute atomic E-state index is 0.0232. The summed E-state index contributed by atoms with van der Waals surface area (Å²) in [4.78, 5) is 11.0. The lowest BCUT2D eigenvalue weighted by molar-refractivity contribution is 0.122. The molecule has 0 saturated carbocycles. The average Bonchev–Trinajstić information content (AvgIpc) is 2.92. The minimum Gasteiger partial charge on any atom is -0.384 e. The molecule has 1 atom stereocenters. The molecule has 36 heavy (non-hydrogen) atoms. The highest BCUT2D eigenvalue weighted by Crippen LogP contribution is 2.36. The third-order valence-electron chi connectivity index (χ3n) is 7.10. The maximum atomic E-state index is 15.1. The number of benzene rings is 3. The second-order valence-corrected chi connectivity index (χ2v) is 9.19. The summed E-state index contributed by atoms with van der Waals surface area (Å²) in [6, 6.07) is 13.7. The third kappa shape index (κ3) is 4.11. The first-order chi connectivity index (χ1) is 17.6. The second-order valence-electron chi connectivity index (χ2n) is 9.19. The molecule has 0 radical (unpaired) electrons. The Kier molecular flexibility index (Phi) is 6.08. The van der Waals surface area contributed by atoms with E-state index in [0.29, 0.717) is 41.9 Å². The highest BCUT2D eigenvalue weighted by Gasteiger charge is 2.24. The van der Waals surface area contributed by atoms with Crippen molar-refractivity contribution < 1.29 is 18.6 Å². The van der Waals surface area contributed by atoms with E-state index in [1.165, 1.54) is 12.4 Å². The maximum Gasteiger partial charge on any atom is 0.135 e. The molecule has 1 aromatic heterocycles. The minimum atomic E-state index is -1.22. The Bertz CT molecular complexity index is 1440. The van der Waals surface area contributed by atoms with Crippen LogP contribution >= 0.6 is 0 Å². The van der Waals surface area contributed by atoms with E-state index in [-0.39, 0.29) is 11.1 Å². The van der Waals surface area contributed by atoms with Crippen LogP contribution in [-0.2, 0) is 17.7 Å². The van der Waals surface area contributed by atoms with Gasteiger partial charge in [-0.05, 0) is 53.9 Å². The molecule has 1 saturated heterocycles. The summed E-state index contributed by atoms with van der Waals surface area (Å²) in [5.74, 6) is -1.52. The van der Waals surface area contributed by atoms with Crippen molar-refractivity contribution in [3.63, 3.8) is 0 Å². The van der Waals surface area contributed by atoms with Gasteiger partial charge in [0, 0.05) is 47.9 Å².